The molecule has 2 nitrogen and oxygen atoms in total. The number of aryl methyl sites for hydroxylation is 1. The van der Waals surface area contributed by atoms with E-state index < -0.39 is 0 Å². The van der Waals surface area contributed by atoms with Crippen LogP contribution in [0.2, 0.25) is 0 Å². The highest BCUT2D eigenvalue weighted by atomic mass is 16.5. The van der Waals surface area contributed by atoms with Gasteiger partial charge in [-0.1, -0.05) is 49.1 Å². The molecule has 1 aliphatic carbocycles. The molecular formula is C16H25NO. The van der Waals surface area contributed by atoms with Crippen molar-refractivity contribution in [2.24, 2.45) is 0 Å². The second kappa shape index (κ2) is 7.55. The SMILES string of the molecule is Cc1cccc(CNCCOC2CCCCC2)c1. The van der Waals surface area contributed by atoms with Crippen LogP contribution in [-0.4, -0.2) is 19.3 Å². The lowest BCUT2D eigenvalue weighted by atomic mass is 9.98. The Labute approximate surface area is 111 Å². The molecule has 0 aliphatic heterocycles. The predicted octanol–water partition coefficient (Wildman–Crippen LogP) is 3.43. The average Bonchev–Trinajstić information content (AvgIpc) is 2.40. The monoisotopic (exact) mass is 247 g/mol. The van der Waals surface area contributed by atoms with Crippen LogP contribution in [0.5, 0.6) is 0 Å². The molecule has 1 saturated carbocycles. The van der Waals surface area contributed by atoms with E-state index in [0.717, 1.165) is 19.7 Å². The fraction of sp³-hybridized carbons (Fsp3) is 0.625. The van der Waals surface area contributed by atoms with Crippen LogP contribution in [0.4, 0.5) is 0 Å². The van der Waals surface area contributed by atoms with Gasteiger partial charge < -0.3 is 10.1 Å². The van der Waals surface area contributed by atoms with Crippen LogP contribution in [0.15, 0.2) is 24.3 Å². The maximum absolute atomic E-state index is 5.88. The molecule has 18 heavy (non-hydrogen) atoms. The third-order valence-electron chi connectivity index (χ3n) is 3.60. The molecule has 0 bridgehead atoms. The largest absolute Gasteiger partial charge is 0.377 e. The number of rotatable bonds is 6. The van der Waals surface area contributed by atoms with Crippen molar-refractivity contribution < 1.29 is 4.74 Å². The molecule has 0 atom stereocenters. The maximum atomic E-state index is 5.88. The molecule has 1 N–H and O–H groups in total. The molecule has 1 aromatic carbocycles. The van der Waals surface area contributed by atoms with Crippen LogP contribution in [0.3, 0.4) is 0 Å². The molecule has 0 saturated heterocycles. The molecule has 1 fully saturated rings. The molecule has 0 spiro atoms. The Morgan fingerprint density at radius 2 is 2.06 bits per heavy atom. The lowest BCUT2D eigenvalue weighted by Crippen LogP contribution is -2.24. The van der Waals surface area contributed by atoms with Gasteiger partial charge in [0.2, 0.25) is 0 Å². The van der Waals surface area contributed by atoms with Gasteiger partial charge in [0.05, 0.1) is 12.7 Å². The van der Waals surface area contributed by atoms with E-state index >= 15 is 0 Å². The zero-order chi connectivity index (χ0) is 12.6. The van der Waals surface area contributed by atoms with Crippen molar-refractivity contribution in [3.63, 3.8) is 0 Å². The Balaban J connectivity index is 1.55. The summed E-state index contributed by atoms with van der Waals surface area (Å²) in [6, 6.07) is 8.65. The second-order valence-electron chi connectivity index (χ2n) is 5.30. The Morgan fingerprint density at radius 1 is 1.22 bits per heavy atom. The molecule has 0 radical (unpaired) electrons. The van der Waals surface area contributed by atoms with Gasteiger partial charge in [-0.3, -0.25) is 0 Å². The first kappa shape index (κ1) is 13.6. The van der Waals surface area contributed by atoms with Gasteiger partial charge in [-0.25, -0.2) is 0 Å². The summed E-state index contributed by atoms with van der Waals surface area (Å²) in [7, 11) is 0. The first-order valence-corrected chi connectivity index (χ1v) is 7.22. The smallest absolute Gasteiger partial charge is 0.0594 e. The minimum absolute atomic E-state index is 0.527. The van der Waals surface area contributed by atoms with Gasteiger partial charge in [0.15, 0.2) is 0 Å². The Bertz CT molecular complexity index is 345. The van der Waals surface area contributed by atoms with Gasteiger partial charge in [0.25, 0.3) is 0 Å². The normalized spacial score (nSPS) is 16.9. The summed E-state index contributed by atoms with van der Waals surface area (Å²) in [5.41, 5.74) is 2.68. The number of benzene rings is 1. The molecule has 1 aromatic rings. The van der Waals surface area contributed by atoms with Crippen molar-refractivity contribution in [1.29, 1.82) is 0 Å². The van der Waals surface area contributed by atoms with Crippen molar-refractivity contribution in [3.05, 3.63) is 35.4 Å². The van der Waals surface area contributed by atoms with Crippen LogP contribution in [0.25, 0.3) is 0 Å². The van der Waals surface area contributed by atoms with Crippen molar-refractivity contribution in [2.75, 3.05) is 13.2 Å². The topological polar surface area (TPSA) is 21.3 Å². The molecule has 100 valence electrons. The molecule has 0 unspecified atom stereocenters. The fourth-order valence-electron chi connectivity index (χ4n) is 2.58. The number of hydrogen-bond acceptors (Lipinski definition) is 2. The van der Waals surface area contributed by atoms with E-state index in [9.17, 15) is 0 Å². The van der Waals surface area contributed by atoms with Crippen LogP contribution in [0.1, 0.15) is 43.2 Å². The first-order valence-electron chi connectivity index (χ1n) is 7.22. The third-order valence-corrected chi connectivity index (χ3v) is 3.60. The first-order chi connectivity index (χ1) is 8.84. The Morgan fingerprint density at radius 3 is 2.83 bits per heavy atom. The molecule has 2 rings (SSSR count). The minimum Gasteiger partial charge on any atom is -0.377 e. The molecule has 2 heteroatoms. The van der Waals surface area contributed by atoms with Gasteiger partial charge in [-0.05, 0) is 25.3 Å². The zero-order valence-corrected chi connectivity index (χ0v) is 11.5. The summed E-state index contributed by atoms with van der Waals surface area (Å²) in [6.07, 6.45) is 7.14. The average molecular weight is 247 g/mol. The van der Waals surface area contributed by atoms with E-state index in [1.807, 2.05) is 0 Å². The van der Waals surface area contributed by atoms with Gasteiger partial charge in [-0.15, -0.1) is 0 Å². The van der Waals surface area contributed by atoms with Gasteiger partial charge in [0.1, 0.15) is 0 Å². The van der Waals surface area contributed by atoms with Crippen molar-refractivity contribution in [1.82, 2.24) is 5.32 Å². The molecule has 1 aliphatic rings. The predicted molar refractivity (Wildman–Crippen MR) is 75.7 cm³/mol. The number of ether oxygens (including phenoxy) is 1. The molecule has 0 heterocycles. The third kappa shape index (κ3) is 4.79. The summed E-state index contributed by atoms with van der Waals surface area (Å²) < 4.78 is 5.88. The highest BCUT2D eigenvalue weighted by Gasteiger charge is 2.12. The van der Waals surface area contributed by atoms with E-state index in [1.54, 1.807) is 0 Å². The second-order valence-corrected chi connectivity index (χ2v) is 5.30. The van der Waals surface area contributed by atoms with Gasteiger partial charge >= 0.3 is 0 Å². The zero-order valence-electron chi connectivity index (χ0n) is 11.5. The summed E-state index contributed by atoms with van der Waals surface area (Å²) in [5.74, 6) is 0. The van der Waals surface area contributed by atoms with Crippen molar-refractivity contribution in [2.45, 2.75) is 51.7 Å². The summed E-state index contributed by atoms with van der Waals surface area (Å²) in [6.45, 7) is 4.87. The summed E-state index contributed by atoms with van der Waals surface area (Å²) in [4.78, 5) is 0. The number of hydrogen-bond donors (Lipinski definition) is 1. The highest BCUT2D eigenvalue weighted by Crippen LogP contribution is 2.19. The van der Waals surface area contributed by atoms with E-state index in [4.69, 9.17) is 4.74 Å². The van der Waals surface area contributed by atoms with Gasteiger partial charge in [0, 0.05) is 13.1 Å². The lowest BCUT2D eigenvalue weighted by molar-refractivity contribution is 0.0302. The lowest BCUT2D eigenvalue weighted by Gasteiger charge is -2.22. The van der Waals surface area contributed by atoms with E-state index in [0.29, 0.717) is 6.10 Å². The summed E-state index contributed by atoms with van der Waals surface area (Å²) in [5, 5.41) is 3.44. The minimum atomic E-state index is 0.527. The van der Waals surface area contributed by atoms with Gasteiger partial charge in [-0.2, -0.15) is 0 Å². The van der Waals surface area contributed by atoms with E-state index in [-0.39, 0.29) is 0 Å². The Kier molecular flexibility index (Phi) is 5.69. The molecule has 0 aromatic heterocycles. The van der Waals surface area contributed by atoms with Crippen LogP contribution < -0.4 is 5.32 Å². The van der Waals surface area contributed by atoms with Crippen molar-refractivity contribution >= 4 is 0 Å². The van der Waals surface area contributed by atoms with Crippen LogP contribution >= 0.6 is 0 Å². The fourth-order valence-corrected chi connectivity index (χ4v) is 2.58. The van der Waals surface area contributed by atoms with Crippen molar-refractivity contribution in [3.8, 4) is 0 Å². The van der Waals surface area contributed by atoms with Crippen LogP contribution in [-0.2, 0) is 11.3 Å². The molecule has 0 amide bonds. The Hall–Kier alpha value is -0.860. The molecular weight excluding hydrogens is 222 g/mol. The number of nitrogens with one attached hydrogen (secondary N) is 1. The van der Waals surface area contributed by atoms with E-state index in [1.165, 1.54) is 43.2 Å². The standard InChI is InChI=1S/C16H25NO/c1-14-6-5-7-15(12-14)13-17-10-11-18-16-8-3-2-4-9-16/h5-7,12,16-17H,2-4,8-11,13H2,1H3. The summed E-state index contributed by atoms with van der Waals surface area (Å²) >= 11 is 0. The van der Waals surface area contributed by atoms with Crippen LogP contribution in [0, 0.1) is 6.92 Å². The highest BCUT2D eigenvalue weighted by molar-refractivity contribution is 5.21. The quantitative estimate of drug-likeness (QED) is 0.778. The van der Waals surface area contributed by atoms with E-state index in [2.05, 4.69) is 36.5 Å². The maximum Gasteiger partial charge on any atom is 0.0594 e.